The fourth-order valence-electron chi connectivity index (χ4n) is 1.92. The topological polar surface area (TPSA) is 53.1 Å². The molecular formula is C14H19N3O. The molecule has 1 aromatic carbocycles. The Hall–Kier alpha value is -1.81. The van der Waals surface area contributed by atoms with Crippen LogP contribution in [0.15, 0.2) is 30.3 Å². The molecule has 0 aliphatic rings. The van der Waals surface area contributed by atoms with E-state index in [0.29, 0.717) is 13.2 Å². The molecule has 18 heavy (non-hydrogen) atoms. The molecule has 0 spiro atoms. The average molecular weight is 245 g/mol. The molecule has 0 saturated carbocycles. The quantitative estimate of drug-likeness (QED) is 0.648. The first-order valence-corrected chi connectivity index (χ1v) is 6.07. The fourth-order valence-corrected chi connectivity index (χ4v) is 1.92. The van der Waals surface area contributed by atoms with Crippen molar-refractivity contribution in [3.05, 3.63) is 47.3 Å². The highest BCUT2D eigenvalue weighted by Gasteiger charge is 2.02. The molecule has 0 saturated heterocycles. The molecule has 0 atom stereocenters. The van der Waals surface area contributed by atoms with Crippen LogP contribution in [0.1, 0.15) is 17.0 Å². The van der Waals surface area contributed by atoms with Gasteiger partial charge < -0.3 is 10.5 Å². The van der Waals surface area contributed by atoms with Crippen LogP contribution < -0.4 is 5.73 Å². The highest BCUT2D eigenvalue weighted by Crippen LogP contribution is 2.11. The molecular weight excluding hydrogens is 226 g/mol. The standard InChI is InChI=1S/C14H19N3O/c1-11-9-13(17(2)16-11)10-18-8-7-12-5-3-4-6-14(12)15/h3-6,9H,7-8,10,15H2,1-2H3. The molecule has 0 radical (unpaired) electrons. The first kappa shape index (κ1) is 12.6. The second kappa shape index (κ2) is 5.69. The summed E-state index contributed by atoms with van der Waals surface area (Å²) in [5.74, 6) is 0. The van der Waals surface area contributed by atoms with E-state index in [1.807, 2.05) is 49.0 Å². The number of aromatic nitrogens is 2. The van der Waals surface area contributed by atoms with E-state index in [1.165, 1.54) is 0 Å². The minimum atomic E-state index is 0.587. The second-order valence-corrected chi connectivity index (χ2v) is 4.40. The molecule has 0 unspecified atom stereocenters. The van der Waals surface area contributed by atoms with Crippen molar-refractivity contribution in [3.8, 4) is 0 Å². The highest BCUT2D eigenvalue weighted by molar-refractivity contribution is 5.46. The van der Waals surface area contributed by atoms with Crippen LogP contribution in [-0.2, 0) is 24.8 Å². The normalized spacial score (nSPS) is 10.8. The summed E-state index contributed by atoms with van der Waals surface area (Å²) < 4.78 is 7.51. The smallest absolute Gasteiger partial charge is 0.0884 e. The predicted molar refractivity (Wildman–Crippen MR) is 72.2 cm³/mol. The SMILES string of the molecule is Cc1cc(COCCc2ccccc2N)n(C)n1. The van der Waals surface area contributed by atoms with Gasteiger partial charge in [0.2, 0.25) is 0 Å². The van der Waals surface area contributed by atoms with Gasteiger partial charge in [0.15, 0.2) is 0 Å². The van der Waals surface area contributed by atoms with E-state index < -0.39 is 0 Å². The molecule has 96 valence electrons. The van der Waals surface area contributed by atoms with Gasteiger partial charge in [-0.3, -0.25) is 4.68 Å². The zero-order valence-electron chi connectivity index (χ0n) is 10.9. The van der Waals surface area contributed by atoms with Crippen LogP contribution in [0.3, 0.4) is 0 Å². The second-order valence-electron chi connectivity index (χ2n) is 4.40. The number of hydrogen-bond acceptors (Lipinski definition) is 3. The Bertz CT molecular complexity index is 520. The molecule has 1 aromatic heterocycles. The Morgan fingerprint density at radius 1 is 1.33 bits per heavy atom. The Kier molecular flexibility index (Phi) is 3.99. The first-order valence-electron chi connectivity index (χ1n) is 6.07. The Labute approximate surface area is 107 Å². The number of aryl methyl sites for hydroxylation is 2. The number of anilines is 1. The van der Waals surface area contributed by atoms with Gasteiger partial charge in [0.05, 0.1) is 24.6 Å². The van der Waals surface area contributed by atoms with Crippen molar-refractivity contribution in [1.82, 2.24) is 9.78 Å². The van der Waals surface area contributed by atoms with Gasteiger partial charge in [0.1, 0.15) is 0 Å². The summed E-state index contributed by atoms with van der Waals surface area (Å²) in [6.07, 6.45) is 0.837. The van der Waals surface area contributed by atoms with Crippen LogP contribution in [0, 0.1) is 6.92 Å². The van der Waals surface area contributed by atoms with Crippen LogP contribution in [-0.4, -0.2) is 16.4 Å². The summed E-state index contributed by atoms with van der Waals surface area (Å²) in [7, 11) is 1.93. The first-order chi connectivity index (χ1) is 8.66. The van der Waals surface area contributed by atoms with Gasteiger partial charge >= 0.3 is 0 Å². The lowest BCUT2D eigenvalue weighted by Crippen LogP contribution is -2.04. The van der Waals surface area contributed by atoms with Crippen LogP contribution in [0.5, 0.6) is 0 Å². The van der Waals surface area contributed by atoms with Gasteiger partial charge in [-0.1, -0.05) is 18.2 Å². The lowest BCUT2D eigenvalue weighted by Gasteiger charge is -2.06. The Morgan fingerprint density at radius 2 is 2.11 bits per heavy atom. The summed E-state index contributed by atoms with van der Waals surface area (Å²) in [6, 6.07) is 9.93. The van der Waals surface area contributed by atoms with Crippen molar-refractivity contribution >= 4 is 5.69 Å². The van der Waals surface area contributed by atoms with Crippen molar-refractivity contribution in [2.45, 2.75) is 20.0 Å². The lowest BCUT2D eigenvalue weighted by atomic mass is 10.1. The number of nitrogen functional groups attached to an aromatic ring is 1. The van der Waals surface area contributed by atoms with E-state index >= 15 is 0 Å². The van der Waals surface area contributed by atoms with Crippen LogP contribution >= 0.6 is 0 Å². The Balaban J connectivity index is 1.80. The van der Waals surface area contributed by atoms with Crippen molar-refractivity contribution in [2.24, 2.45) is 7.05 Å². The summed E-state index contributed by atoms with van der Waals surface area (Å²) in [5.41, 5.74) is 9.95. The van der Waals surface area contributed by atoms with Gasteiger partial charge in [0, 0.05) is 12.7 Å². The molecule has 0 bridgehead atoms. The minimum Gasteiger partial charge on any atom is -0.399 e. The van der Waals surface area contributed by atoms with E-state index in [0.717, 1.165) is 29.1 Å². The minimum absolute atomic E-state index is 0.587. The molecule has 0 aliphatic heterocycles. The van der Waals surface area contributed by atoms with Gasteiger partial charge in [0.25, 0.3) is 0 Å². The lowest BCUT2D eigenvalue weighted by molar-refractivity contribution is 0.118. The summed E-state index contributed by atoms with van der Waals surface area (Å²) in [6.45, 7) is 3.23. The molecule has 0 amide bonds. The van der Waals surface area contributed by atoms with Crippen molar-refractivity contribution in [3.63, 3.8) is 0 Å². The molecule has 2 rings (SSSR count). The van der Waals surface area contributed by atoms with Crippen molar-refractivity contribution in [2.75, 3.05) is 12.3 Å². The summed E-state index contributed by atoms with van der Waals surface area (Å²) in [4.78, 5) is 0. The number of ether oxygens (including phenoxy) is 1. The van der Waals surface area contributed by atoms with Gasteiger partial charge in [-0.05, 0) is 31.0 Å². The van der Waals surface area contributed by atoms with Crippen LogP contribution in [0.2, 0.25) is 0 Å². The van der Waals surface area contributed by atoms with Crippen LogP contribution in [0.4, 0.5) is 5.69 Å². The third-order valence-corrected chi connectivity index (χ3v) is 2.92. The van der Waals surface area contributed by atoms with Gasteiger partial charge in [-0.25, -0.2) is 0 Å². The van der Waals surface area contributed by atoms with E-state index in [9.17, 15) is 0 Å². The number of nitrogens with zero attached hydrogens (tertiary/aromatic N) is 2. The number of nitrogens with two attached hydrogens (primary N) is 1. The number of benzene rings is 1. The van der Waals surface area contributed by atoms with E-state index in [1.54, 1.807) is 0 Å². The monoisotopic (exact) mass is 245 g/mol. The third-order valence-electron chi connectivity index (χ3n) is 2.92. The predicted octanol–water partition coefficient (Wildman–Crippen LogP) is 2.07. The van der Waals surface area contributed by atoms with Crippen molar-refractivity contribution < 1.29 is 4.74 Å². The largest absolute Gasteiger partial charge is 0.399 e. The third kappa shape index (κ3) is 3.11. The van der Waals surface area contributed by atoms with E-state index in [4.69, 9.17) is 10.5 Å². The maximum Gasteiger partial charge on any atom is 0.0884 e. The fraction of sp³-hybridized carbons (Fsp3) is 0.357. The van der Waals surface area contributed by atoms with Crippen LogP contribution in [0.25, 0.3) is 0 Å². The highest BCUT2D eigenvalue weighted by atomic mass is 16.5. The molecule has 4 nitrogen and oxygen atoms in total. The summed E-state index contributed by atoms with van der Waals surface area (Å²) >= 11 is 0. The van der Waals surface area contributed by atoms with Crippen molar-refractivity contribution in [1.29, 1.82) is 0 Å². The summed E-state index contributed by atoms with van der Waals surface area (Å²) in [5, 5.41) is 4.28. The zero-order chi connectivity index (χ0) is 13.0. The number of para-hydroxylation sites is 1. The maximum atomic E-state index is 5.87. The Morgan fingerprint density at radius 3 is 2.78 bits per heavy atom. The number of hydrogen-bond donors (Lipinski definition) is 1. The van der Waals surface area contributed by atoms with E-state index in [-0.39, 0.29) is 0 Å². The molecule has 0 fully saturated rings. The van der Waals surface area contributed by atoms with Gasteiger partial charge in [-0.2, -0.15) is 5.10 Å². The average Bonchev–Trinajstić information content (AvgIpc) is 2.65. The zero-order valence-corrected chi connectivity index (χ0v) is 10.9. The number of rotatable bonds is 5. The maximum absolute atomic E-state index is 5.87. The molecule has 1 heterocycles. The van der Waals surface area contributed by atoms with Gasteiger partial charge in [-0.15, -0.1) is 0 Å². The molecule has 0 aliphatic carbocycles. The molecule has 2 N–H and O–H groups in total. The molecule has 4 heteroatoms. The van der Waals surface area contributed by atoms with E-state index in [2.05, 4.69) is 5.10 Å². The molecule has 2 aromatic rings.